The third-order valence-electron chi connectivity index (χ3n) is 3.54. The number of ether oxygens (including phenoxy) is 1. The van der Waals surface area contributed by atoms with Crippen molar-refractivity contribution >= 4 is 5.91 Å². The summed E-state index contributed by atoms with van der Waals surface area (Å²) < 4.78 is 5.52. The molecule has 0 aliphatic heterocycles. The molecule has 20 heavy (non-hydrogen) atoms. The summed E-state index contributed by atoms with van der Waals surface area (Å²) in [7, 11) is 0. The van der Waals surface area contributed by atoms with E-state index in [1.807, 2.05) is 44.2 Å². The van der Waals surface area contributed by atoms with Gasteiger partial charge in [0.15, 0.2) is 0 Å². The van der Waals surface area contributed by atoms with E-state index in [1.165, 1.54) is 0 Å². The molecule has 1 aromatic rings. The Bertz CT molecular complexity index is 421. The molecule has 0 heterocycles. The summed E-state index contributed by atoms with van der Waals surface area (Å²) in [5, 5.41) is 12.8. The van der Waals surface area contributed by atoms with Crippen LogP contribution in [-0.2, 0) is 4.79 Å². The lowest BCUT2D eigenvalue weighted by atomic mass is 9.86. The molecule has 1 rings (SSSR count). The van der Waals surface area contributed by atoms with Crippen molar-refractivity contribution in [1.29, 1.82) is 0 Å². The molecule has 4 nitrogen and oxygen atoms in total. The quantitative estimate of drug-likeness (QED) is 0.754. The van der Waals surface area contributed by atoms with E-state index in [4.69, 9.17) is 4.74 Å². The second-order valence-corrected chi connectivity index (χ2v) is 6.00. The molecule has 1 amide bonds. The molecule has 0 unspecified atom stereocenters. The maximum absolute atomic E-state index is 11.8. The van der Waals surface area contributed by atoms with E-state index in [-0.39, 0.29) is 5.91 Å². The minimum atomic E-state index is -0.969. The second kappa shape index (κ2) is 6.75. The van der Waals surface area contributed by atoms with Crippen LogP contribution in [0.5, 0.6) is 5.75 Å². The zero-order valence-electron chi connectivity index (χ0n) is 12.8. The van der Waals surface area contributed by atoms with Crippen molar-refractivity contribution in [2.24, 2.45) is 0 Å². The number of benzene rings is 1. The van der Waals surface area contributed by atoms with Gasteiger partial charge in [-0.15, -0.1) is 0 Å². The van der Waals surface area contributed by atoms with Crippen LogP contribution in [0.25, 0.3) is 0 Å². The van der Waals surface area contributed by atoms with E-state index in [0.717, 1.165) is 5.75 Å². The Hall–Kier alpha value is -1.55. The number of carbonyl (C=O) groups is 1. The molecular weight excluding hydrogens is 254 g/mol. The molecule has 2 N–H and O–H groups in total. The van der Waals surface area contributed by atoms with Crippen LogP contribution in [0.1, 0.15) is 40.5 Å². The molecule has 4 heteroatoms. The summed E-state index contributed by atoms with van der Waals surface area (Å²) in [4.78, 5) is 11.8. The molecule has 112 valence electrons. The van der Waals surface area contributed by atoms with Gasteiger partial charge in [-0.2, -0.15) is 0 Å². The van der Waals surface area contributed by atoms with Crippen molar-refractivity contribution in [2.45, 2.75) is 51.7 Å². The highest BCUT2D eigenvalue weighted by Gasteiger charge is 2.35. The molecule has 0 saturated carbocycles. The second-order valence-electron chi connectivity index (χ2n) is 6.00. The highest BCUT2D eigenvalue weighted by molar-refractivity contribution is 5.76. The minimum Gasteiger partial charge on any atom is -0.494 e. The molecule has 0 saturated heterocycles. The van der Waals surface area contributed by atoms with Gasteiger partial charge in [-0.1, -0.05) is 18.2 Å². The predicted octanol–water partition coefficient (Wildman–Crippen LogP) is 2.51. The molecule has 0 spiro atoms. The van der Waals surface area contributed by atoms with Crippen molar-refractivity contribution in [3.8, 4) is 5.75 Å². The van der Waals surface area contributed by atoms with E-state index in [1.54, 1.807) is 13.8 Å². The summed E-state index contributed by atoms with van der Waals surface area (Å²) >= 11 is 0. The molecule has 0 aliphatic rings. The van der Waals surface area contributed by atoms with Gasteiger partial charge in [0.1, 0.15) is 5.75 Å². The van der Waals surface area contributed by atoms with Gasteiger partial charge in [0.25, 0.3) is 0 Å². The first-order chi connectivity index (χ1) is 9.22. The minimum absolute atomic E-state index is 0.0752. The standard InChI is InChI=1S/C16H25NO3/c1-15(2,16(3,4)19)17-14(18)11-8-12-20-13-9-6-5-7-10-13/h5-7,9-10,19H,8,11-12H2,1-4H3,(H,17,18). The highest BCUT2D eigenvalue weighted by atomic mass is 16.5. The van der Waals surface area contributed by atoms with Crippen LogP contribution in [0, 0.1) is 0 Å². The lowest BCUT2D eigenvalue weighted by molar-refractivity contribution is -0.126. The van der Waals surface area contributed by atoms with Gasteiger partial charge < -0.3 is 15.2 Å². The zero-order chi connectivity index (χ0) is 15.2. The summed E-state index contributed by atoms with van der Waals surface area (Å²) in [5.74, 6) is 0.735. The largest absolute Gasteiger partial charge is 0.494 e. The van der Waals surface area contributed by atoms with Crippen LogP contribution < -0.4 is 10.1 Å². The molecule has 0 aromatic heterocycles. The lowest BCUT2D eigenvalue weighted by Crippen LogP contribution is -2.57. The third-order valence-corrected chi connectivity index (χ3v) is 3.54. The molecule has 1 aromatic carbocycles. The van der Waals surface area contributed by atoms with Crippen LogP contribution in [-0.4, -0.2) is 28.8 Å². The average molecular weight is 279 g/mol. The summed E-state index contributed by atoms with van der Waals surface area (Å²) in [5.41, 5.74) is -1.63. The lowest BCUT2D eigenvalue weighted by Gasteiger charge is -2.38. The Balaban J connectivity index is 2.27. The van der Waals surface area contributed by atoms with Crippen LogP contribution in [0.4, 0.5) is 0 Å². The van der Waals surface area contributed by atoms with E-state index in [9.17, 15) is 9.90 Å². The van der Waals surface area contributed by atoms with Crippen LogP contribution in [0.2, 0.25) is 0 Å². The van der Waals surface area contributed by atoms with E-state index >= 15 is 0 Å². The van der Waals surface area contributed by atoms with Crippen molar-refractivity contribution < 1.29 is 14.6 Å². The Morgan fingerprint density at radius 3 is 2.35 bits per heavy atom. The van der Waals surface area contributed by atoms with Crippen molar-refractivity contribution in [3.63, 3.8) is 0 Å². The van der Waals surface area contributed by atoms with Crippen LogP contribution in [0.15, 0.2) is 30.3 Å². The Morgan fingerprint density at radius 1 is 1.20 bits per heavy atom. The molecular formula is C16H25NO3. The Morgan fingerprint density at radius 2 is 1.80 bits per heavy atom. The summed E-state index contributed by atoms with van der Waals surface area (Å²) in [6.07, 6.45) is 1.02. The fourth-order valence-corrected chi connectivity index (χ4v) is 1.50. The molecule has 0 aliphatic carbocycles. The summed E-state index contributed by atoms with van der Waals surface area (Å²) in [6, 6.07) is 9.52. The van der Waals surface area contributed by atoms with Crippen molar-refractivity contribution in [3.05, 3.63) is 30.3 Å². The fraction of sp³-hybridized carbons (Fsp3) is 0.562. The van der Waals surface area contributed by atoms with Gasteiger partial charge in [-0.3, -0.25) is 4.79 Å². The first kappa shape index (κ1) is 16.5. The zero-order valence-corrected chi connectivity index (χ0v) is 12.8. The number of hydrogen-bond acceptors (Lipinski definition) is 3. The monoisotopic (exact) mass is 279 g/mol. The maximum atomic E-state index is 11.8. The molecule has 0 bridgehead atoms. The highest BCUT2D eigenvalue weighted by Crippen LogP contribution is 2.20. The first-order valence-electron chi connectivity index (χ1n) is 6.93. The average Bonchev–Trinajstić information content (AvgIpc) is 2.34. The number of nitrogens with one attached hydrogen (secondary N) is 1. The topological polar surface area (TPSA) is 58.6 Å². The molecule has 0 radical (unpaired) electrons. The van der Waals surface area contributed by atoms with Gasteiger partial charge in [0.05, 0.1) is 17.7 Å². The Kier molecular flexibility index (Phi) is 5.57. The predicted molar refractivity (Wildman–Crippen MR) is 79.7 cm³/mol. The van der Waals surface area contributed by atoms with Gasteiger partial charge in [-0.25, -0.2) is 0 Å². The van der Waals surface area contributed by atoms with E-state index < -0.39 is 11.1 Å². The van der Waals surface area contributed by atoms with Crippen LogP contribution >= 0.6 is 0 Å². The smallest absolute Gasteiger partial charge is 0.220 e. The number of aliphatic hydroxyl groups is 1. The molecule has 0 fully saturated rings. The normalized spacial score (nSPS) is 12.1. The number of para-hydroxylation sites is 1. The maximum Gasteiger partial charge on any atom is 0.220 e. The molecule has 0 atom stereocenters. The van der Waals surface area contributed by atoms with Crippen LogP contribution in [0.3, 0.4) is 0 Å². The first-order valence-corrected chi connectivity index (χ1v) is 6.93. The number of amides is 1. The van der Waals surface area contributed by atoms with Crippen molar-refractivity contribution in [2.75, 3.05) is 6.61 Å². The van der Waals surface area contributed by atoms with E-state index in [2.05, 4.69) is 5.32 Å². The van der Waals surface area contributed by atoms with Crippen molar-refractivity contribution in [1.82, 2.24) is 5.32 Å². The van der Waals surface area contributed by atoms with E-state index in [0.29, 0.717) is 19.4 Å². The number of rotatable bonds is 7. The number of hydrogen-bond donors (Lipinski definition) is 2. The van der Waals surface area contributed by atoms with Gasteiger partial charge in [-0.05, 0) is 46.2 Å². The summed E-state index contributed by atoms with van der Waals surface area (Å²) in [6.45, 7) is 7.49. The van der Waals surface area contributed by atoms with Gasteiger partial charge >= 0.3 is 0 Å². The SMILES string of the molecule is CC(C)(O)C(C)(C)NC(=O)CCCOc1ccccc1. The number of carbonyl (C=O) groups excluding carboxylic acids is 1. The van der Waals surface area contributed by atoms with Gasteiger partial charge in [0.2, 0.25) is 5.91 Å². The Labute approximate surface area is 121 Å². The fourth-order valence-electron chi connectivity index (χ4n) is 1.50. The van der Waals surface area contributed by atoms with Gasteiger partial charge in [0, 0.05) is 6.42 Å². The third kappa shape index (κ3) is 5.21.